The molecule has 0 saturated carbocycles. The van der Waals surface area contributed by atoms with Crippen molar-refractivity contribution in [2.75, 3.05) is 18.5 Å². The van der Waals surface area contributed by atoms with Gasteiger partial charge in [0.05, 0.1) is 6.10 Å². The lowest BCUT2D eigenvalue weighted by molar-refractivity contribution is -0.117. The predicted molar refractivity (Wildman–Crippen MR) is 83.3 cm³/mol. The lowest BCUT2D eigenvalue weighted by Gasteiger charge is -2.23. The van der Waals surface area contributed by atoms with Gasteiger partial charge in [0.15, 0.2) is 0 Å². The van der Waals surface area contributed by atoms with Crippen LogP contribution in [0.3, 0.4) is 0 Å². The molecule has 1 aromatic rings. The summed E-state index contributed by atoms with van der Waals surface area (Å²) in [4.78, 5) is 12.2. The summed E-state index contributed by atoms with van der Waals surface area (Å²) in [6, 6.07) is 6.16. The smallest absolute Gasteiger partial charge is 0.224 e. The summed E-state index contributed by atoms with van der Waals surface area (Å²) >= 11 is 0. The zero-order valence-corrected chi connectivity index (χ0v) is 12.5. The number of hydrogen-bond acceptors (Lipinski definition) is 3. The van der Waals surface area contributed by atoms with E-state index < -0.39 is 0 Å². The molecule has 4 nitrogen and oxygen atoms in total. The van der Waals surface area contributed by atoms with Crippen molar-refractivity contribution in [3.63, 3.8) is 0 Å². The predicted octanol–water partition coefficient (Wildman–Crippen LogP) is 2.62. The highest BCUT2D eigenvalue weighted by atomic mass is 16.5. The molecule has 4 heteroatoms. The molecule has 1 amide bonds. The molecule has 2 heterocycles. The Morgan fingerprint density at radius 3 is 3.19 bits per heavy atom. The second-order valence-corrected chi connectivity index (χ2v) is 5.95. The molecule has 1 atom stereocenters. The van der Waals surface area contributed by atoms with Crippen molar-refractivity contribution in [3.8, 4) is 0 Å². The number of hydrogen-bond donors (Lipinski definition) is 2. The van der Waals surface area contributed by atoms with Crippen molar-refractivity contribution in [2.24, 2.45) is 0 Å². The standard InChI is InChI=1S/C17H24N2O2/c20-17(8-7-14-5-1-2-11-21-14)19-16-6-3-4-13-12-18-10-9-15(13)16/h3-4,6,14,18H,1-2,5,7-12H2,(H,19,20). The molecule has 1 fully saturated rings. The summed E-state index contributed by atoms with van der Waals surface area (Å²) < 4.78 is 5.68. The first-order valence-corrected chi connectivity index (χ1v) is 8.06. The zero-order chi connectivity index (χ0) is 14.5. The van der Waals surface area contributed by atoms with Crippen LogP contribution in [0.5, 0.6) is 0 Å². The average molecular weight is 288 g/mol. The van der Waals surface area contributed by atoms with E-state index in [-0.39, 0.29) is 12.0 Å². The normalized spacial score (nSPS) is 21.6. The number of amides is 1. The van der Waals surface area contributed by atoms with Gasteiger partial charge in [-0.2, -0.15) is 0 Å². The third-order valence-corrected chi connectivity index (χ3v) is 4.38. The number of carbonyl (C=O) groups is 1. The Morgan fingerprint density at radius 1 is 1.38 bits per heavy atom. The highest BCUT2D eigenvalue weighted by molar-refractivity contribution is 5.91. The van der Waals surface area contributed by atoms with E-state index >= 15 is 0 Å². The first-order chi connectivity index (χ1) is 10.3. The van der Waals surface area contributed by atoms with Gasteiger partial charge in [0.25, 0.3) is 0 Å². The van der Waals surface area contributed by atoms with Crippen LogP contribution in [-0.4, -0.2) is 25.2 Å². The minimum atomic E-state index is 0.108. The van der Waals surface area contributed by atoms with Crippen molar-refractivity contribution < 1.29 is 9.53 Å². The third kappa shape index (κ3) is 3.83. The van der Waals surface area contributed by atoms with Crippen molar-refractivity contribution in [1.82, 2.24) is 5.32 Å². The summed E-state index contributed by atoms with van der Waals surface area (Å²) in [6.07, 6.45) is 6.13. The minimum Gasteiger partial charge on any atom is -0.378 e. The molecule has 21 heavy (non-hydrogen) atoms. The van der Waals surface area contributed by atoms with Crippen LogP contribution in [0.1, 0.15) is 43.2 Å². The molecule has 1 saturated heterocycles. The van der Waals surface area contributed by atoms with Gasteiger partial charge in [-0.25, -0.2) is 0 Å². The Bertz CT molecular complexity index is 496. The maximum Gasteiger partial charge on any atom is 0.224 e. The number of anilines is 1. The van der Waals surface area contributed by atoms with Gasteiger partial charge in [-0.15, -0.1) is 0 Å². The van der Waals surface area contributed by atoms with E-state index in [9.17, 15) is 4.79 Å². The first kappa shape index (κ1) is 14.5. The lowest BCUT2D eigenvalue weighted by Crippen LogP contribution is -2.26. The number of nitrogens with one attached hydrogen (secondary N) is 2. The molecule has 0 spiro atoms. The fourth-order valence-corrected chi connectivity index (χ4v) is 3.19. The summed E-state index contributed by atoms with van der Waals surface area (Å²) in [7, 11) is 0. The van der Waals surface area contributed by atoms with Crippen molar-refractivity contribution in [3.05, 3.63) is 29.3 Å². The fraction of sp³-hybridized carbons (Fsp3) is 0.588. The Labute approximate surface area is 126 Å². The van der Waals surface area contributed by atoms with Gasteiger partial charge in [-0.1, -0.05) is 12.1 Å². The first-order valence-electron chi connectivity index (χ1n) is 8.06. The van der Waals surface area contributed by atoms with Gasteiger partial charge in [0.2, 0.25) is 5.91 Å². The van der Waals surface area contributed by atoms with Crippen LogP contribution in [0.2, 0.25) is 0 Å². The molecule has 3 rings (SSSR count). The molecule has 0 radical (unpaired) electrons. The maximum absolute atomic E-state index is 12.2. The van der Waals surface area contributed by atoms with Gasteiger partial charge in [0, 0.05) is 25.3 Å². The Kier molecular flexibility index (Phi) is 4.88. The lowest BCUT2D eigenvalue weighted by atomic mass is 9.99. The van der Waals surface area contributed by atoms with Crippen LogP contribution in [0.4, 0.5) is 5.69 Å². The number of ether oxygens (including phenoxy) is 1. The molecule has 1 unspecified atom stereocenters. The van der Waals surface area contributed by atoms with Crippen LogP contribution in [-0.2, 0) is 22.5 Å². The van der Waals surface area contributed by atoms with E-state index in [1.165, 1.54) is 17.5 Å². The molecule has 114 valence electrons. The highest BCUT2D eigenvalue weighted by Crippen LogP contribution is 2.24. The topological polar surface area (TPSA) is 50.4 Å². The second kappa shape index (κ2) is 7.05. The van der Waals surface area contributed by atoms with E-state index in [1.807, 2.05) is 12.1 Å². The molecule has 2 aliphatic rings. The fourth-order valence-electron chi connectivity index (χ4n) is 3.19. The molecular formula is C17H24N2O2. The van der Waals surface area contributed by atoms with Gasteiger partial charge < -0.3 is 15.4 Å². The molecule has 0 aliphatic carbocycles. The highest BCUT2D eigenvalue weighted by Gasteiger charge is 2.17. The Hall–Kier alpha value is -1.39. The van der Waals surface area contributed by atoms with Crippen LogP contribution in [0.25, 0.3) is 0 Å². The van der Waals surface area contributed by atoms with Crippen molar-refractivity contribution in [2.45, 2.75) is 51.2 Å². The Balaban J connectivity index is 1.55. The van der Waals surface area contributed by atoms with E-state index in [4.69, 9.17) is 4.74 Å². The average Bonchev–Trinajstić information content (AvgIpc) is 2.54. The van der Waals surface area contributed by atoms with Gasteiger partial charge in [0.1, 0.15) is 0 Å². The molecule has 0 aromatic heterocycles. The second-order valence-electron chi connectivity index (χ2n) is 5.95. The van der Waals surface area contributed by atoms with Crippen LogP contribution >= 0.6 is 0 Å². The summed E-state index contributed by atoms with van der Waals surface area (Å²) in [6.45, 7) is 2.73. The van der Waals surface area contributed by atoms with Crippen molar-refractivity contribution in [1.29, 1.82) is 0 Å². The molecular weight excluding hydrogens is 264 g/mol. The summed E-state index contributed by atoms with van der Waals surface area (Å²) in [5.41, 5.74) is 3.58. The number of benzene rings is 1. The number of rotatable bonds is 4. The van der Waals surface area contributed by atoms with E-state index in [0.717, 1.165) is 51.1 Å². The molecule has 2 aliphatic heterocycles. The maximum atomic E-state index is 12.2. The third-order valence-electron chi connectivity index (χ3n) is 4.38. The quantitative estimate of drug-likeness (QED) is 0.895. The summed E-state index contributed by atoms with van der Waals surface area (Å²) in [5.74, 6) is 0.108. The largest absolute Gasteiger partial charge is 0.378 e. The Morgan fingerprint density at radius 2 is 2.33 bits per heavy atom. The molecule has 1 aromatic carbocycles. The van der Waals surface area contributed by atoms with Crippen LogP contribution in [0.15, 0.2) is 18.2 Å². The minimum absolute atomic E-state index is 0.108. The van der Waals surface area contributed by atoms with Gasteiger partial charge >= 0.3 is 0 Å². The summed E-state index contributed by atoms with van der Waals surface area (Å²) in [5, 5.41) is 6.45. The van der Waals surface area contributed by atoms with E-state index in [0.29, 0.717) is 6.42 Å². The van der Waals surface area contributed by atoms with Gasteiger partial charge in [-0.05, 0) is 55.8 Å². The molecule has 0 bridgehead atoms. The van der Waals surface area contributed by atoms with Gasteiger partial charge in [-0.3, -0.25) is 4.79 Å². The zero-order valence-electron chi connectivity index (χ0n) is 12.5. The number of carbonyl (C=O) groups excluding carboxylic acids is 1. The number of fused-ring (bicyclic) bond motifs is 1. The van der Waals surface area contributed by atoms with Crippen molar-refractivity contribution >= 4 is 11.6 Å². The van der Waals surface area contributed by atoms with E-state index in [2.05, 4.69) is 16.7 Å². The van der Waals surface area contributed by atoms with Crippen LogP contribution < -0.4 is 10.6 Å². The van der Waals surface area contributed by atoms with E-state index in [1.54, 1.807) is 0 Å². The molecule has 2 N–H and O–H groups in total. The monoisotopic (exact) mass is 288 g/mol. The SMILES string of the molecule is O=C(CCC1CCCCO1)Nc1cccc2c1CCNC2. The van der Waals surface area contributed by atoms with Crippen LogP contribution in [0, 0.1) is 0 Å².